The molecule has 1 amide bonds. The number of piperazine rings is 1. The first-order valence-electron chi connectivity index (χ1n) is 7.10. The van der Waals surface area contributed by atoms with Gasteiger partial charge in [0.15, 0.2) is 0 Å². The number of allylic oxidation sites excluding steroid dienone is 3. The monoisotopic (exact) mass is 283 g/mol. The van der Waals surface area contributed by atoms with Crippen LogP contribution in [0, 0.1) is 0 Å². The van der Waals surface area contributed by atoms with Crippen molar-refractivity contribution >= 4 is 5.91 Å². The second-order valence-electron chi connectivity index (χ2n) is 4.44. The van der Waals surface area contributed by atoms with Gasteiger partial charge in [0.1, 0.15) is 0 Å². The summed E-state index contributed by atoms with van der Waals surface area (Å²) in [6, 6.07) is 0. The molecule has 1 rings (SSSR count). The SMILES string of the molecule is CC.CNC(=O)CN1CCN(/C(N)=C/C=C(/C)N)CC1. The van der Waals surface area contributed by atoms with E-state index < -0.39 is 0 Å². The third-order valence-electron chi connectivity index (χ3n) is 2.90. The fraction of sp³-hybridized carbons (Fsp3) is 0.643. The third kappa shape index (κ3) is 7.04. The standard InChI is InChI=1S/C12H23N5O.C2H6/c1-10(13)3-4-11(14)17-7-5-16(6-8-17)9-12(18)15-2;1-2/h3-4H,5-9,13-14H2,1-2H3,(H,15,18);1-2H3/b10-3-,11-4+;. The zero-order valence-electron chi connectivity index (χ0n) is 13.1. The Morgan fingerprint density at radius 3 is 2.15 bits per heavy atom. The van der Waals surface area contributed by atoms with Gasteiger partial charge in [-0.3, -0.25) is 9.69 Å². The molecule has 6 nitrogen and oxygen atoms in total. The van der Waals surface area contributed by atoms with Crippen molar-refractivity contribution in [2.24, 2.45) is 11.5 Å². The summed E-state index contributed by atoms with van der Waals surface area (Å²) in [6.07, 6.45) is 3.62. The zero-order chi connectivity index (χ0) is 15.5. The van der Waals surface area contributed by atoms with Gasteiger partial charge in [-0.15, -0.1) is 0 Å². The first-order valence-corrected chi connectivity index (χ1v) is 7.10. The Balaban J connectivity index is 0.00000172. The van der Waals surface area contributed by atoms with E-state index in [1.165, 1.54) is 0 Å². The summed E-state index contributed by atoms with van der Waals surface area (Å²) in [5.74, 6) is 0.771. The molecule has 1 heterocycles. The summed E-state index contributed by atoms with van der Waals surface area (Å²) in [5.41, 5.74) is 12.2. The largest absolute Gasteiger partial charge is 0.402 e. The Bertz CT molecular complexity index is 339. The number of carbonyl (C=O) groups is 1. The van der Waals surface area contributed by atoms with E-state index in [2.05, 4.69) is 15.1 Å². The molecule has 0 aromatic carbocycles. The van der Waals surface area contributed by atoms with Crippen molar-refractivity contribution in [3.63, 3.8) is 0 Å². The molecule has 1 saturated heterocycles. The van der Waals surface area contributed by atoms with Gasteiger partial charge >= 0.3 is 0 Å². The van der Waals surface area contributed by atoms with Crippen molar-refractivity contribution < 1.29 is 4.79 Å². The lowest BCUT2D eigenvalue weighted by atomic mass is 10.3. The topological polar surface area (TPSA) is 87.6 Å². The van der Waals surface area contributed by atoms with Crippen LogP contribution in [-0.4, -0.2) is 55.5 Å². The van der Waals surface area contributed by atoms with E-state index in [0.29, 0.717) is 6.54 Å². The van der Waals surface area contributed by atoms with E-state index in [1.807, 2.05) is 26.8 Å². The molecule has 20 heavy (non-hydrogen) atoms. The second kappa shape index (κ2) is 10.1. The molecule has 0 aromatic heterocycles. The van der Waals surface area contributed by atoms with Crippen LogP contribution in [-0.2, 0) is 4.79 Å². The van der Waals surface area contributed by atoms with E-state index in [-0.39, 0.29) is 5.91 Å². The van der Waals surface area contributed by atoms with E-state index in [4.69, 9.17) is 11.5 Å². The molecule has 0 aliphatic carbocycles. The van der Waals surface area contributed by atoms with Gasteiger partial charge in [-0.1, -0.05) is 13.8 Å². The van der Waals surface area contributed by atoms with Crippen molar-refractivity contribution in [3.8, 4) is 0 Å². The zero-order valence-corrected chi connectivity index (χ0v) is 13.1. The number of hydrogen-bond donors (Lipinski definition) is 3. The molecule has 1 fully saturated rings. The van der Waals surface area contributed by atoms with Gasteiger partial charge in [-0.05, 0) is 19.1 Å². The van der Waals surface area contributed by atoms with Crippen LogP contribution in [0.4, 0.5) is 0 Å². The minimum absolute atomic E-state index is 0.0497. The maximum absolute atomic E-state index is 11.2. The molecule has 0 radical (unpaired) electrons. The maximum Gasteiger partial charge on any atom is 0.233 e. The maximum atomic E-state index is 11.2. The molecule has 0 bridgehead atoms. The van der Waals surface area contributed by atoms with Crippen LogP contribution in [0.1, 0.15) is 20.8 Å². The van der Waals surface area contributed by atoms with Crippen LogP contribution in [0.15, 0.2) is 23.7 Å². The van der Waals surface area contributed by atoms with Crippen LogP contribution in [0.5, 0.6) is 0 Å². The van der Waals surface area contributed by atoms with E-state index in [1.54, 1.807) is 13.1 Å². The lowest BCUT2D eigenvalue weighted by molar-refractivity contribution is -0.122. The Morgan fingerprint density at radius 2 is 1.70 bits per heavy atom. The molecule has 0 spiro atoms. The van der Waals surface area contributed by atoms with Gasteiger partial charge in [0.2, 0.25) is 5.91 Å². The summed E-state index contributed by atoms with van der Waals surface area (Å²) in [4.78, 5) is 15.5. The number of nitrogens with two attached hydrogens (primary N) is 2. The van der Waals surface area contributed by atoms with Crippen molar-refractivity contribution in [2.45, 2.75) is 20.8 Å². The number of carbonyl (C=O) groups excluding carboxylic acids is 1. The molecular formula is C14H29N5O. The summed E-state index contributed by atoms with van der Waals surface area (Å²) in [6.45, 7) is 9.62. The van der Waals surface area contributed by atoms with Crippen molar-refractivity contribution in [1.29, 1.82) is 0 Å². The highest BCUT2D eigenvalue weighted by molar-refractivity contribution is 5.77. The van der Waals surface area contributed by atoms with Crippen molar-refractivity contribution in [1.82, 2.24) is 15.1 Å². The second-order valence-corrected chi connectivity index (χ2v) is 4.44. The predicted octanol–water partition coefficient (Wildman–Crippen LogP) is 0.0388. The molecule has 0 saturated carbocycles. The molecule has 0 atom stereocenters. The van der Waals surface area contributed by atoms with Crippen LogP contribution in [0.25, 0.3) is 0 Å². The minimum atomic E-state index is 0.0497. The van der Waals surface area contributed by atoms with Crippen molar-refractivity contribution in [2.75, 3.05) is 39.8 Å². The van der Waals surface area contributed by atoms with Crippen LogP contribution < -0.4 is 16.8 Å². The summed E-state index contributed by atoms with van der Waals surface area (Å²) in [5, 5.41) is 2.63. The molecule has 1 aliphatic heterocycles. The lowest BCUT2D eigenvalue weighted by Crippen LogP contribution is -2.49. The first kappa shape index (κ1) is 18.3. The molecule has 116 valence electrons. The van der Waals surface area contributed by atoms with E-state index in [0.717, 1.165) is 37.7 Å². The van der Waals surface area contributed by atoms with Gasteiger partial charge in [-0.2, -0.15) is 0 Å². The Morgan fingerprint density at radius 1 is 1.15 bits per heavy atom. The third-order valence-corrected chi connectivity index (χ3v) is 2.90. The lowest BCUT2D eigenvalue weighted by Gasteiger charge is -2.35. The van der Waals surface area contributed by atoms with Crippen LogP contribution >= 0.6 is 0 Å². The quantitative estimate of drug-likeness (QED) is 0.634. The summed E-state index contributed by atoms with van der Waals surface area (Å²) >= 11 is 0. The number of hydrogen-bond acceptors (Lipinski definition) is 5. The highest BCUT2D eigenvalue weighted by Gasteiger charge is 2.18. The smallest absolute Gasteiger partial charge is 0.233 e. The molecule has 6 heteroatoms. The van der Waals surface area contributed by atoms with Crippen molar-refractivity contribution in [3.05, 3.63) is 23.7 Å². The number of rotatable bonds is 4. The number of likely N-dealkylation sites (N-methyl/N-ethyl adjacent to an activating group) is 1. The van der Waals surface area contributed by atoms with Crippen LogP contribution in [0.3, 0.4) is 0 Å². The van der Waals surface area contributed by atoms with Gasteiger partial charge < -0.3 is 21.7 Å². The van der Waals surface area contributed by atoms with Gasteiger partial charge in [-0.25, -0.2) is 0 Å². The average Bonchev–Trinajstić information content (AvgIpc) is 2.47. The first-order chi connectivity index (χ1) is 9.52. The Labute approximate surface area is 122 Å². The van der Waals surface area contributed by atoms with E-state index in [9.17, 15) is 4.79 Å². The fourth-order valence-electron chi connectivity index (χ4n) is 1.77. The number of amides is 1. The molecule has 0 unspecified atom stereocenters. The van der Waals surface area contributed by atoms with Gasteiger partial charge in [0, 0.05) is 38.9 Å². The molecule has 1 aliphatic rings. The summed E-state index contributed by atoms with van der Waals surface area (Å²) < 4.78 is 0. The van der Waals surface area contributed by atoms with Crippen LogP contribution in [0.2, 0.25) is 0 Å². The van der Waals surface area contributed by atoms with Gasteiger partial charge in [0.05, 0.1) is 12.4 Å². The van der Waals surface area contributed by atoms with Gasteiger partial charge in [0.25, 0.3) is 0 Å². The highest BCUT2D eigenvalue weighted by Crippen LogP contribution is 2.05. The number of nitrogens with zero attached hydrogens (tertiary/aromatic N) is 2. The number of nitrogens with one attached hydrogen (secondary N) is 1. The molecule has 5 N–H and O–H groups in total. The Hall–Kier alpha value is -1.69. The predicted molar refractivity (Wildman–Crippen MR) is 83.6 cm³/mol. The normalized spacial score (nSPS) is 17.3. The van der Waals surface area contributed by atoms with E-state index >= 15 is 0 Å². The Kier molecular flexibility index (Phi) is 9.28. The summed E-state index contributed by atoms with van der Waals surface area (Å²) in [7, 11) is 1.65. The molecular weight excluding hydrogens is 254 g/mol. The highest BCUT2D eigenvalue weighted by atomic mass is 16.1. The fourth-order valence-corrected chi connectivity index (χ4v) is 1.77. The molecule has 0 aromatic rings. The average molecular weight is 283 g/mol. The minimum Gasteiger partial charge on any atom is -0.402 e.